The minimum Gasteiger partial charge on any atom is -0.360 e. The van der Waals surface area contributed by atoms with Crippen LogP contribution in [0.1, 0.15) is 29.8 Å². The largest absolute Gasteiger partial charge is 0.360 e. The number of anilines is 1. The molecule has 3 amide bonds. The number of amides is 3. The standard InChI is InChI=1S/C23H27ClN4O3/c1-15(2)21(27-22(30)18-5-3-4-6-19(18)24)23(31)26-13-16-7-9-17(10-8-16)28-12-11-25-20(29)14-28/h3-10,15,21H,11-14H2,1-2H3,(H,25,29)(H,26,31)(H,27,30). The van der Waals surface area contributed by atoms with Crippen molar-refractivity contribution < 1.29 is 14.4 Å². The molecule has 1 saturated heterocycles. The van der Waals surface area contributed by atoms with E-state index < -0.39 is 6.04 Å². The summed E-state index contributed by atoms with van der Waals surface area (Å²) in [6.45, 7) is 5.83. The molecule has 1 aliphatic heterocycles. The SMILES string of the molecule is CC(C)C(NC(=O)c1ccccc1Cl)C(=O)NCc1ccc(N2CCNC(=O)C2)cc1. The second kappa shape index (κ2) is 10.3. The third kappa shape index (κ3) is 5.98. The number of nitrogens with zero attached hydrogens (tertiary/aromatic N) is 1. The molecule has 1 aliphatic rings. The van der Waals surface area contributed by atoms with E-state index >= 15 is 0 Å². The van der Waals surface area contributed by atoms with Gasteiger partial charge in [-0.15, -0.1) is 0 Å². The van der Waals surface area contributed by atoms with E-state index in [1.165, 1.54) is 0 Å². The van der Waals surface area contributed by atoms with Crippen molar-refractivity contribution in [2.24, 2.45) is 5.92 Å². The molecule has 1 atom stereocenters. The van der Waals surface area contributed by atoms with E-state index in [9.17, 15) is 14.4 Å². The smallest absolute Gasteiger partial charge is 0.253 e. The van der Waals surface area contributed by atoms with Gasteiger partial charge in [-0.3, -0.25) is 14.4 Å². The fraction of sp³-hybridized carbons (Fsp3) is 0.348. The summed E-state index contributed by atoms with van der Waals surface area (Å²) in [6, 6.07) is 13.8. The number of benzene rings is 2. The maximum atomic E-state index is 12.7. The summed E-state index contributed by atoms with van der Waals surface area (Å²) in [4.78, 5) is 38.9. The van der Waals surface area contributed by atoms with Crippen molar-refractivity contribution in [2.45, 2.75) is 26.4 Å². The Kier molecular flexibility index (Phi) is 7.52. The summed E-state index contributed by atoms with van der Waals surface area (Å²) in [5, 5.41) is 8.83. The van der Waals surface area contributed by atoms with Crippen LogP contribution in [0.25, 0.3) is 0 Å². The van der Waals surface area contributed by atoms with Crippen molar-refractivity contribution in [2.75, 3.05) is 24.5 Å². The van der Waals surface area contributed by atoms with E-state index in [-0.39, 0.29) is 23.6 Å². The molecule has 2 aromatic carbocycles. The van der Waals surface area contributed by atoms with Crippen LogP contribution in [0.3, 0.4) is 0 Å². The highest BCUT2D eigenvalue weighted by Crippen LogP contribution is 2.17. The number of carbonyl (C=O) groups excluding carboxylic acids is 3. The first kappa shape index (κ1) is 22.6. The van der Waals surface area contributed by atoms with E-state index in [1.807, 2.05) is 43.0 Å². The summed E-state index contributed by atoms with van der Waals surface area (Å²) < 4.78 is 0. The Hall–Kier alpha value is -3.06. The normalized spacial score (nSPS) is 14.7. The first-order valence-corrected chi connectivity index (χ1v) is 10.7. The zero-order valence-corrected chi connectivity index (χ0v) is 18.4. The molecule has 164 valence electrons. The number of carbonyl (C=O) groups is 3. The van der Waals surface area contributed by atoms with Crippen LogP contribution >= 0.6 is 11.6 Å². The Bertz CT molecular complexity index is 946. The molecule has 0 aliphatic carbocycles. The van der Waals surface area contributed by atoms with Gasteiger partial charge in [0.25, 0.3) is 5.91 Å². The lowest BCUT2D eigenvalue weighted by atomic mass is 10.0. The monoisotopic (exact) mass is 442 g/mol. The Morgan fingerprint density at radius 3 is 2.48 bits per heavy atom. The van der Waals surface area contributed by atoms with E-state index in [0.29, 0.717) is 30.2 Å². The Labute approximate surface area is 187 Å². The molecule has 3 N–H and O–H groups in total. The predicted molar refractivity (Wildman–Crippen MR) is 121 cm³/mol. The molecule has 7 nitrogen and oxygen atoms in total. The van der Waals surface area contributed by atoms with Crippen LogP contribution in [-0.2, 0) is 16.1 Å². The minimum atomic E-state index is -0.685. The van der Waals surface area contributed by atoms with Gasteiger partial charge in [0.1, 0.15) is 6.04 Å². The second-order valence-corrected chi connectivity index (χ2v) is 8.24. The van der Waals surface area contributed by atoms with Gasteiger partial charge in [-0.25, -0.2) is 0 Å². The molecule has 0 bridgehead atoms. The zero-order chi connectivity index (χ0) is 22.4. The quantitative estimate of drug-likeness (QED) is 0.614. The second-order valence-electron chi connectivity index (χ2n) is 7.83. The van der Waals surface area contributed by atoms with Crippen molar-refractivity contribution in [3.05, 3.63) is 64.7 Å². The molecule has 2 aromatic rings. The van der Waals surface area contributed by atoms with Crippen molar-refractivity contribution in [1.29, 1.82) is 0 Å². The van der Waals surface area contributed by atoms with Crippen molar-refractivity contribution in [1.82, 2.24) is 16.0 Å². The van der Waals surface area contributed by atoms with Gasteiger partial charge >= 0.3 is 0 Å². The highest BCUT2D eigenvalue weighted by Gasteiger charge is 2.25. The molecular weight excluding hydrogens is 416 g/mol. The van der Waals surface area contributed by atoms with Crippen LogP contribution in [0, 0.1) is 5.92 Å². The fourth-order valence-electron chi connectivity index (χ4n) is 3.38. The van der Waals surface area contributed by atoms with Crippen LogP contribution < -0.4 is 20.9 Å². The van der Waals surface area contributed by atoms with E-state index in [2.05, 4.69) is 16.0 Å². The van der Waals surface area contributed by atoms with Gasteiger partial charge in [0.15, 0.2) is 0 Å². The van der Waals surface area contributed by atoms with Crippen molar-refractivity contribution in [3.63, 3.8) is 0 Å². The lowest BCUT2D eigenvalue weighted by molar-refractivity contribution is -0.124. The third-order valence-electron chi connectivity index (χ3n) is 5.16. The molecule has 31 heavy (non-hydrogen) atoms. The van der Waals surface area contributed by atoms with Gasteiger partial charge in [0.05, 0.1) is 17.1 Å². The van der Waals surface area contributed by atoms with Gasteiger partial charge in [-0.1, -0.05) is 49.7 Å². The Morgan fingerprint density at radius 2 is 1.84 bits per heavy atom. The lowest BCUT2D eigenvalue weighted by Crippen LogP contribution is -2.49. The number of hydrogen-bond donors (Lipinski definition) is 3. The number of halogens is 1. The highest BCUT2D eigenvalue weighted by atomic mass is 35.5. The molecule has 0 spiro atoms. The summed E-state index contributed by atoms with van der Waals surface area (Å²) in [7, 11) is 0. The van der Waals surface area contributed by atoms with E-state index in [0.717, 1.165) is 17.8 Å². The summed E-state index contributed by atoms with van der Waals surface area (Å²) >= 11 is 6.09. The fourth-order valence-corrected chi connectivity index (χ4v) is 3.60. The van der Waals surface area contributed by atoms with Gasteiger partial charge in [0, 0.05) is 25.3 Å². The summed E-state index contributed by atoms with van der Waals surface area (Å²) in [6.07, 6.45) is 0. The summed E-state index contributed by atoms with van der Waals surface area (Å²) in [5.41, 5.74) is 2.24. The zero-order valence-electron chi connectivity index (χ0n) is 17.7. The van der Waals surface area contributed by atoms with Gasteiger partial charge in [-0.2, -0.15) is 0 Å². The molecule has 8 heteroatoms. The molecule has 1 fully saturated rings. The molecule has 0 radical (unpaired) electrons. The summed E-state index contributed by atoms with van der Waals surface area (Å²) in [5.74, 6) is -0.721. The number of piperazine rings is 1. The van der Waals surface area contributed by atoms with E-state index in [4.69, 9.17) is 11.6 Å². The van der Waals surface area contributed by atoms with Gasteiger partial charge < -0.3 is 20.9 Å². The third-order valence-corrected chi connectivity index (χ3v) is 5.49. The molecule has 3 rings (SSSR count). The maximum Gasteiger partial charge on any atom is 0.253 e. The molecule has 1 unspecified atom stereocenters. The minimum absolute atomic E-state index is 0.0150. The average molecular weight is 443 g/mol. The van der Waals surface area contributed by atoms with Crippen LogP contribution in [-0.4, -0.2) is 43.4 Å². The Balaban J connectivity index is 1.58. The van der Waals surface area contributed by atoms with Gasteiger partial charge in [-0.05, 0) is 35.7 Å². The maximum absolute atomic E-state index is 12.7. The predicted octanol–water partition coefficient (Wildman–Crippen LogP) is 2.35. The number of hydrogen-bond acceptors (Lipinski definition) is 4. The highest BCUT2D eigenvalue weighted by molar-refractivity contribution is 6.33. The van der Waals surface area contributed by atoms with Crippen LogP contribution in [0.5, 0.6) is 0 Å². The molecule has 0 aromatic heterocycles. The topological polar surface area (TPSA) is 90.5 Å². The average Bonchev–Trinajstić information content (AvgIpc) is 2.76. The van der Waals surface area contributed by atoms with Crippen LogP contribution in [0.2, 0.25) is 5.02 Å². The van der Waals surface area contributed by atoms with Crippen molar-refractivity contribution >= 4 is 35.0 Å². The van der Waals surface area contributed by atoms with Crippen LogP contribution in [0.15, 0.2) is 48.5 Å². The van der Waals surface area contributed by atoms with Crippen LogP contribution in [0.4, 0.5) is 5.69 Å². The van der Waals surface area contributed by atoms with Crippen molar-refractivity contribution in [3.8, 4) is 0 Å². The van der Waals surface area contributed by atoms with Gasteiger partial charge in [0.2, 0.25) is 11.8 Å². The Morgan fingerprint density at radius 1 is 1.13 bits per heavy atom. The first-order valence-electron chi connectivity index (χ1n) is 10.3. The lowest BCUT2D eigenvalue weighted by Gasteiger charge is -2.28. The first-order chi connectivity index (χ1) is 14.8. The number of nitrogens with one attached hydrogen (secondary N) is 3. The molecule has 1 heterocycles. The number of rotatable bonds is 7. The molecule has 0 saturated carbocycles. The molecular formula is C23H27ClN4O3. The van der Waals surface area contributed by atoms with E-state index in [1.54, 1.807) is 24.3 Å².